The monoisotopic (exact) mass is 535 g/mol. The van der Waals surface area contributed by atoms with Gasteiger partial charge in [-0.25, -0.2) is 4.99 Å². The Morgan fingerprint density at radius 2 is 1.84 bits per heavy atom. The zero-order chi connectivity index (χ0) is 21.3. The van der Waals surface area contributed by atoms with Gasteiger partial charge < -0.3 is 16.4 Å². The Bertz CT molecular complexity index is 841. The van der Waals surface area contributed by atoms with Crippen LogP contribution in [0.2, 0.25) is 0 Å². The molecule has 0 bridgehead atoms. The first-order valence-electron chi connectivity index (χ1n) is 10.8. The van der Waals surface area contributed by atoms with Crippen LogP contribution >= 0.6 is 24.0 Å². The minimum atomic E-state index is -0.409. The maximum Gasteiger partial charge on any atom is 0.248 e. The summed E-state index contributed by atoms with van der Waals surface area (Å²) < 4.78 is 0. The summed E-state index contributed by atoms with van der Waals surface area (Å²) in [5.74, 6) is 0.429. The number of guanidine groups is 1. The number of amides is 1. The molecule has 2 aromatic carbocycles. The Kier molecular flexibility index (Phi) is 10.3. The van der Waals surface area contributed by atoms with E-state index in [0.717, 1.165) is 44.0 Å². The lowest BCUT2D eigenvalue weighted by Crippen LogP contribution is -2.51. The molecule has 3 rings (SSSR count). The Hall–Kier alpha value is -2.13. The highest BCUT2D eigenvalue weighted by Crippen LogP contribution is 2.20. The fourth-order valence-electron chi connectivity index (χ4n) is 3.86. The molecule has 0 aliphatic carbocycles. The molecular weight excluding hydrogens is 501 g/mol. The topological polar surface area (TPSA) is 82.7 Å². The number of nitrogens with one attached hydrogen (secondary N) is 2. The molecule has 1 aliphatic heterocycles. The molecule has 1 aliphatic rings. The molecule has 0 radical (unpaired) electrons. The summed E-state index contributed by atoms with van der Waals surface area (Å²) in [5, 5.41) is 6.96. The van der Waals surface area contributed by atoms with Crippen LogP contribution in [-0.4, -0.2) is 41.9 Å². The smallest absolute Gasteiger partial charge is 0.248 e. The van der Waals surface area contributed by atoms with Crippen LogP contribution in [0.4, 0.5) is 0 Å². The van der Waals surface area contributed by atoms with Crippen molar-refractivity contribution >= 4 is 35.8 Å². The fraction of sp³-hybridized carbons (Fsp3) is 0.417. The summed E-state index contributed by atoms with van der Waals surface area (Å²) in [4.78, 5) is 18.5. The molecule has 0 aromatic heterocycles. The van der Waals surface area contributed by atoms with Gasteiger partial charge in [-0.15, -0.1) is 24.0 Å². The van der Waals surface area contributed by atoms with Crippen LogP contribution in [-0.2, 0) is 13.1 Å². The first kappa shape index (κ1) is 25.1. The molecule has 1 fully saturated rings. The summed E-state index contributed by atoms with van der Waals surface area (Å²) in [6, 6.07) is 18.9. The Morgan fingerprint density at radius 3 is 2.45 bits per heavy atom. The lowest BCUT2D eigenvalue weighted by Gasteiger charge is -2.38. The SMILES string of the molecule is CCNC(=NCc1ccc(C(N)=O)cc1)NC1CCN(Cc2ccccc2)C(C)C1.I. The van der Waals surface area contributed by atoms with Crippen molar-refractivity contribution < 1.29 is 4.79 Å². The number of likely N-dealkylation sites (tertiary alicyclic amines) is 1. The molecule has 6 nitrogen and oxygen atoms in total. The molecule has 4 N–H and O–H groups in total. The maximum absolute atomic E-state index is 11.2. The molecule has 31 heavy (non-hydrogen) atoms. The predicted molar refractivity (Wildman–Crippen MR) is 138 cm³/mol. The van der Waals surface area contributed by atoms with Crippen LogP contribution in [0.1, 0.15) is 48.2 Å². The van der Waals surface area contributed by atoms with Gasteiger partial charge in [-0.1, -0.05) is 42.5 Å². The van der Waals surface area contributed by atoms with Crippen LogP contribution in [0.25, 0.3) is 0 Å². The molecule has 0 spiro atoms. The zero-order valence-corrected chi connectivity index (χ0v) is 20.7. The van der Waals surface area contributed by atoms with Crippen molar-refractivity contribution in [1.29, 1.82) is 0 Å². The minimum Gasteiger partial charge on any atom is -0.366 e. The number of hydrogen-bond acceptors (Lipinski definition) is 3. The van der Waals surface area contributed by atoms with Gasteiger partial charge in [0.15, 0.2) is 5.96 Å². The molecule has 1 saturated heterocycles. The summed E-state index contributed by atoms with van der Waals surface area (Å²) in [5.41, 5.74) is 8.23. The number of rotatable bonds is 7. The van der Waals surface area contributed by atoms with Gasteiger partial charge in [0, 0.05) is 37.3 Å². The number of primary amides is 1. The third kappa shape index (κ3) is 7.81. The van der Waals surface area contributed by atoms with E-state index in [-0.39, 0.29) is 24.0 Å². The normalized spacial score (nSPS) is 19.4. The molecule has 2 unspecified atom stereocenters. The molecule has 2 aromatic rings. The van der Waals surface area contributed by atoms with Crippen LogP contribution in [0.3, 0.4) is 0 Å². The number of halogens is 1. The van der Waals surface area contributed by atoms with Crippen molar-refractivity contribution in [3.05, 3.63) is 71.3 Å². The summed E-state index contributed by atoms with van der Waals surface area (Å²) >= 11 is 0. The van der Waals surface area contributed by atoms with E-state index in [9.17, 15) is 4.79 Å². The second-order valence-corrected chi connectivity index (χ2v) is 7.93. The van der Waals surface area contributed by atoms with Gasteiger partial charge in [0.05, 0.1) is 6.54 Å². The molecule has 1 amide bonds. The standard InChI is InChI=1S/C24H33N5O.HI/c1-3-26-24(27-16-19-9-11-21(12-10-19)23(25)30)28-22-13-14-29(18(2)15-22)17-20-7-5-4-6-8-20;/h4-12,18,22H,3,13-17H2,1-2H3,(H2,25,30)(H2,26,27,28);1H. The average molecular weight is 535 g/mol. The van der Waals surface area contributed by atoms with Crippen molar-refractivity contribution in [1.82, 2.24) is 15.5 Å². The zero-order valence-electron chi connectivity index (χ0n) is 18.4. The summed E-state index contributed by atoms with van der Waals surface area (Å²) in [7, 11) is 0. The van der Waals surface area contributed by atoms with Crippen LogP contribution in [0.15, 0.2) is 59.6 Å². The van der Waals surface area contributed by atoms with Gasteiger partial charge >= 0.3 is 0 Å². The molecule has 7 heteroatoms. The van der Waals surface area contributed by atoms with Crippen LogP contribution < -0.4 is 16.4 Å². The second kappa shape index (κ2) is 12.7. The van der Waals surface area contributed by atoms with E-state index in [1.165, 1.54) is 5.56 Å². The van der Waals surface area contributed by atoms with Gasteiger partial charge in [-0.3, -0.25) is 9.69 Å². The lowest BCUT2D eigenvalue weighted by atomic mass is 9.97. The van der Waals surface area contributed by atoms with Crippen molar-refractivity contribution in [2.24, 2.45) is 10.7 Å². The maximum atomic E-state index is 11.2. The molecule has 0 saturated carbocycles. The summed E-state index contributed by atoms with van der Waals surface area (Å²) in [6.07, 6.45) is 2.18. The van der Waals surface area contributed by atoms with Crippen molar-refractivity contribution in [3.63, 3.8) is 0 Å². The molecule has 1 heterocycles. The van der Waals surface area contributed by atoms with E-state index < -0.39 is 5.91 Å². The molecular formula is C24H34IN5O. The van der Waals surface area contributed by atoms with Crippen molar-refractivity contribution in [2.45, 2.75) is 51.9 Å². The van der Waals surface area contributed by atoms with Gasteiger partial charge in [0.1, 0.15) is 0 Å². The van der Waals surface area contributed by atoms with Crippen LogP contribution in [0, 0.1) is 0 Å². The van der Waals surface area contributed by atoms with Crippen molar-refractivity contribution in [3.8, 4) is 0 Å². The van der Waals surface area contributed by atoms with E-state index >= 15 is 0 Å². The third-order valence-electron chi connectivity index (χ3n) is 5.59. The number of hydrogen-bond donors (Lipinski definition) is 3. The lowest BCUT2D eigenvalue weighted by molar-refractivity contribution is 0.100. The largest absolute Gasteiger partial charge is 0.366 e. The first-order valence-corrected chi connectivity index (χ1v) is 10.8. The second-order valence-electron chi connectivity index (χ2n) is 7.93. The quantitative estimate of drug-likeness (QED) is 0.288. The van der Waals surface area contributed by atoms with Gasteiger partial charge in [-0.05, 0) is 49.9 Å². The predicted octanol–water partition coefficient (Wildman–Crippen LogP) is 3.51. The highest BCUT2D eigenvalue weighted by molar-refractivity contribution is 14.0. The Morgan fingerprint density at radius 1 is 1.13 bits per heavy atom. The van der Waals surface area contributed by atoms with Gasteiger partial charge in [0.25, 0.3) is 0 Å². The highest BCUT2D eigenvalue weighted by Gasteiger charge is 2.25. The van der Waals surface area contributed by atoms with E-state index in [1.807, 2.05) is 12.1 Å². The van der Waals surface area contributed by atoms with Crippen molar-refractivity contribution in [2.75, 3.05) is 13.1 Å². The molecule has 168 valence electrons. The van der Waals surface area contributed by atoms with Gasteiger partial charge in [0.2, 0.25) is 5.91 Å². The number of nitrogens with zero attached hydrogens (tertiary/aromatic N) is 2. The Balaban J connectivity index is 0.00000341. The fourth-order valence-corrected chi connectivity index (χ4v) is 3.86. The van der Waals surface area contributed by atoms with E-state index in [1.54, 1.807) is 12.1 Å². The minimum absolute atomic E-state index is 0. The number of aliphatic imine (C=N–C) groups is 1. The number of nitrogens with two attached hydrogens (primary N) is 1. The number of carbonyl (C=O) groups excluding carboxylic acids is 1. The van der Waals surface area contributed by atoms with E-state index in [0.29, 0.717) is 24.2 Å². The molecule has 2 atom stereocenters. The average Bonchev–Trinajstić information content (AvgIpc) is 2.75. The van der Waals surface area contributed by atoms with Gasteiger partial charge in [-0.2, -0.15) is 0 Å². The first-order chi connectivity index (χ1) is 14.5. The van der Waals surface area contributed by atoms with E-state index in [4.69, 9.17) is 10.7 Å². The van der Waals surface area contributed by atoms with Crippen LogP contribution in [0.5, 0.6) is 0 Å². The highest BCUT2D eigenvalue weighted by atomic mass is 127. The number of carbonyl (C=O) groups is 1. The Labute approximate surface area is 202 Å². The third-order valence-corrected chi connectivity index (χ3v) is 5.59. The summed E-state index contributed by atoms with van der Waals surface area (Å²) in [6.45, 7) is 7.82. The number of piperidine rings is 1. The number of benzene rings is 2. The van der Waals surface area contributed by atoms with E-state index in [2.05, 4.69) is 59.7 Å².